The van der Waals surface area contributed by atoms with Crippen molar-refractivity contribution in [2.24, 2.45) is 0 Å². The second-order valence-corrected chi connectivity index (χ2v) is 3.64. The lowest BCUT2D eigenvalue weighted by atomic mass is 10.1. The van der Waals surface area contributed by atoms with E-state index in [2.05, 4.69) is 4.98 Å². The molecule has 0 spiro atoms. The molecule has 1 aromatic heterocycles. The first-order chi connectivity index (χ1) is 7.70. The molecule has 0 aliphatic carbocycles. The second-order valence-electron chi connectivity index (χ2n) is 3.21. The molecule has 0 saturated carbocycles. The lowest BCUT2D eigenvalue weighted by molar-refractivity contribution is 0.413. The zero-order valence-corrected chi connectivity index (χ0v) is 9.33. The fourth-order valence-corrected chi connectivity index (χ4v) is 1.52. The van der Waals surface area contributed by atoms with Gasteiger partial charge in [-0.25, -0.2) is 4.39 Å². The first kappa shape index (κ1) is 10.9. The predicted molar refractivity (Wildman–Crippen MR) is 61.2 cm³/mol. The summed E-state index contributed by atoms with van der Waals surface area (Å²) < 4.78 is 18.5. The number of benzene rings is 1. The van der Waals surface area contributed by atoms with Gasteiger partial charge in [0.1, 0.15) is 11.6 Å². The van der Waals surface area contributed by atoms with Crippen molar-refractivity contribution in [2.45, 2.75) is 0 Å². The zero-order valence-electron chi connectivity index (χ0n) is 8.58. The van der Waals surface area contributed by atoms with Crippen molar-refractivity contribution in [1.29, 1.82) is 0 Å². The van der Waals surface area contributed by atoms with E-state index in [0.717, 1.165) is 0 Å². The van der Waals surface area contributed by atoms with Crippen molar-refractivity contribution in [1.82, 2.24) is 4.98 Å². The molecule has 0 N–H and O–H groups in total. The highest BCUT2D eigenvalue weighted by molar-refractivity contribution is 6.30. The first-order valence-electron chi connectivity index (χ1n) is 4.66. The fourth-order valence-electron chi connectivity index (χ4n) is 1.36. The van der Waals surface area contributed by atoms with Gasteiger partial charge in [-0.15, -0.1) is 0 Å². The molecule has 1 heterocycles. The van der Waals surface area contributed by atoms with E-state index in [4.69, 9.17) is 16.3 Å². The van der Waals surface area contributed by atoms with Crippen molar-refractivity contribution in [2.75, 3.05) is 7.11 Å². The van der Waals surface area contributed by atoms with Gasteiger partial charge < -0.3 is 4.74 Å². The summed E-state index contributed by atoms with van der Waals surface area (Å²) in [6, 6.07) is 7.93. The molecule has 2 aromatic rings. The van der Waals surface area contributed by atoms with Crippen molar-refractivity contribution in [3.63, 3.8) is 0 Å². The monoisotopic (exact) mass is 237 g/mol. The highest BCUT2D eigenvalue weighted by atomic mass is 35.5. The van der Waals surface area contributed by atoms with E-state index >= 15 is 0 Å². The number of methoxy groups -OCH3 is 1. The number of hydrogen-bond acceptors (Lipinski definition) is 2. The summed E-state index contributed by atoms with van der Waals surface area (Å²) in [5, 5.41) is 0.370. The molecule has 4 heteroatoms. The Hall–Kier alpha value is -1.61. The lowest BCUT2D eigenvalue weighted by Gasteiger charge is -2.04. The van der Waals surface area contributed by atoms with Crippen LogP contribution < -0.4 is 4.74 Å². The van der Waals surface area contributed by atoms with E-state index in [-0.39, 0.29) is 5.82 Å². The van der Waals surface area contributed by atoms with Crippen LogP contribution in [0.4, 0.5) is 4.39 Å². The Labute approximate surface area is 97.7 Å². The molecule has 0 fully saturated rings. The van der Waals surface area contributed by atoms with Gasteiger partial charge >= 0.3 is 0 Å². The summed E-state index contributed by atoms with van der Waals surface area (Å²) in [5.74, 6) is 0.253. The van der Waals surface area contributed by atoms with E-state index in [9.17, 15) is 4.39 Å². The van der Waals surface area contributed by atoms with Crippen molar-refractivity contribution >= 4 is 11.6 Å². The number of hydrogen-bond donors (Lipinski definition) is 0. The molecule has 0 saturated heterocycles. The molecule has 0 aliphatic rings. The highest BCUT2D eigenvalue weighted by Gasteiger charge is 2.06. The van der Waals surface area contributed by atoms with Crippen LogP contribution in [0.2, 0.25) is 5.02 Å². The Morgan fingerprint density at radius 2 is 2.06 bits per heavy atom. The molecule has 0 amide bonds. The maximum absolute atomic E-state index is 13.6. The Kier molecular flexibility index (Phi) is 3.06. The van der Waals surface area contributed by atoms with Crippen LogP contribution in [0.15, 0.2) is 36.5 Å². The number of pyridine rings is 1. The second kappa shape index (κ2) is 4.49. The van der Waals surface area contributed by atoms with E-state index in [1.54, 1.807) is 37.6 Å². The molecule has 16 heavy (non-hydrogen) atoms. The summed E-state index contributed by atoms with van der Waals surface area (Å²) in [6.07, 6.45) is 1.55. The number of ether oxygens (including phenoxy) is 1. The lowest BCUT2D eigenvalue weighted by Crippen LogP contribution is -1.89. The minimum absolute atomic E-state index is 0.370. The van der Waals surface area contributed by atoms with Gasteiger partial charge in [-0.05, 0) is 30.3 Å². The highest BCUT2D eigenvalue weighted by Crippen LogP contribution is 2.24. The van der Waals surface area contributed by atoms with Gasteiger partial charge in [0.15, 0.2) is 0 Å². The third kappa shape index (κ3) is 2.14. The standard InChI is InChI=1S/C12H9ClFNO/c1-16-9-3-5-12(15-7-9)10-4-2-8(13)6-11(10)14/h2-7H,1H3. The smallest absolute Gasteiger partial charge is 0.137 e. The Morgan fingerprint density at radius 3 is 2.62 bits per heavy atom. The molecule has 2 rings (SSSR count). The van der Waals surface area contributed by atoms with Gasteiger partial charge in [0.2, 0.25) is 0 Å². The van der Waals surface area contributed by atoms with Crippen LogP contribution in [0.25, 0.3) is 11.3 Å². The fraction of sp³-hybridized carbons (Fsp3) is 0.0833. The summed E-state index contributed by atoms with van der Waals surface area (Å²) in [6.45, 7) is 0. The molecule has 0 radical (unpaired) electrons. The van der Waals surface area contributed by atoms with Crippen molar-refractivity contribution in [3.05, 3.63) is 47.4 Å². The van der Waals surface area contributed by atoms with Crippen LogP contribution in [0.5, 0.6) is 5.75 Å². The topological polar surface area (TPSA) is 22.1 Å². The largest absolute Gasteiger partial charge is 0.495 e. The number of nitrogens with zero attached hydrogens (tertiary/aromatic N) is 1. The van der Waals surface area contributed by atoms with Crippen LogP contribution in [-0.2, 0) is 0 Å². The molecule has 82 valence electrons. The quantitative estimate of drug-likeness (QED) is 0.797. The molecule has 1 aromatic carbocycles. The molecule has 0 bridgehead atoms. The number of rotatable bonds is 2. The van der Waals surface area contributed by atoms with Crippen molar-refractivity contribution < 1.29 is 9.13 Å². The molecular formula is C12H9ClFNO. The SMILES string of the molecule is COc1ccc(-c2ccc(Cl)cc2F)nc1. The van der Waals surface area contributed by atoms with Crippen LogP contribution >= 0.6 is 11.6 Å². The van der Waals surface area contributed by atoms with Gasteiger partial charge in [0.05, 0.1) is 19.0 Å². The van der Waals surface area contributed by atoms with Crippen LogP contribution in [0.3, 0.4) is 0 Å². The van der Waals surface area contributed by atoms with Gasteiger partial charge in [0.25, 0.3) is 0 Å². The van der Waals surface area contributed by atoms with E-state index < -0.39 is 0 Å². The van der Waals surface area contributed by atoms with Crippen LogP contribution in [0.1, 0.15) is 0 Å². The third-order valence-electron chi connectivity index (χ3n) is 2.18. The number of aromatic nitrogens is 1. The average Bonchev–Trinajstić information content (AvgIpc) is 2.29. The normalized spacial score (nSPS) is 10.2. The van der Waals surface area contributed by atoms with E-state index in [1.165, 1.54) is 6.07 Å². The van der Waals surface area contributed by atoms with Gasteiger partial charge in [-0.2, -0.15) is 0 Å². The number of halogens is 2. The molecule has 2 nitrogen and oxygen atoms in total. The summed E-state index contributed by atoms with van der Waals surface area (Å²) in [4.78, 5) is 4.10. The third-order valence-corrected chi connectivity index (χ3v) is 2.41. The maximum Gasteiger partial charge on any atom is 0.137 e. The average molecular weight is 238 g/mol. The molecule has 0 aliphatic heterocycles. The van der Waals surface area contributed by atoms with Crippen molar-refractivity contribution in [3.8, 4) is 17.0 Å². The molecule has 0 atom stereocenters. The summed E-state index contributed by atoms with van der Waals surface area (Å²) >= 11 is 5.67. The first-order valence-corrected chi connectivity index (χ1v) is 5.04. The Balaban J connectivity index is 2.42. The van der Waals surface area contributed by atoms with Crippen LogP contribution in [-0.4, -0.2) is 12.1 Å². The Bertz CT molecular complexity index is 499. The van der Waals surface area contributed by atoms with Gasteiger partial charge in [-0.3, -0.25) is 4.98 Å². The molecule has 0 unspecified atom stereocenters. The summed E-state index contributed by atoms with van der Waals surface area (Å²) in [7, 11) is 1.56. The minimum atomic E-state index is -0.384. The zero-order chi connectivity index (χ0) is 11.5. The Morgan fingerprint density at radius 1 is 1.25 bits per heavy atom. The van der Waals surface area contributed by atoms with E-state index in [1.807, 2.05) is 0 Å². The van der Waals surface area contributed by atoms with Gasteiger partial charge in [0, 0.05) is 10.6 Å². The predicted octanol–water partition coefficient (Wildman–Crippen LogP) is 3.55. The van der Waals surface area contributed by atoms with Crippen LogP contribution in [0, 0.1) is 5.82 Å². The maximum atomic E-state index is 13.6. The molecular weight excluding hydrogens is 229 g/mol. The van der Waals surface area contributed by atoms with E-state index in [0.29, 0.717) is 22.0 Å². The summed E-state index contributed by atoms with van der Waals surface area (Å²) in [5.41, 5.74) is 0.974. The van der Waals surface area contributed by atoms with Gasteiger partial charge in [-0.1, -0.05) is 11.6 Å². The minimum Gasteiger partial charge on any atom is -0.495 e.